The Kier molecular flexibility index (Phi) is 6.47. The maximum atomic E-state index is 12.8. The van der Waals surface area contributed by atoms with Crippen LogP contribution in [0.1, 0.15) is 46.1 Å². The molecule has 0 spiro atoms. The average molecular weight is 330 g/mol. The summed E-state index contributed by atoms with van der Waals surface area (Å²) in [6, 6.07) is 4.59. The molecule has 0 aliphatic carbocycles. The van der Waals surface area contributed by atoms with Gasteiger partial charge in [0.05, 0.1) is 5.56 Å². The van der Waals surface area contributed by atoms with E-state index in [4.69, 9.17) is 0 Å². The summed E-state index contributed by atoms with van der Waals surface area (Å²) in [6.45, 7) is 7.83. The van der Waals surface area contributed by atoms with Gasteiger partial charge in [-0.2, -0.15) is 13.2 Å². The molecule has 0 N–H and O–H groups in total. The van der Waals surface area contributed by atoms with Crippen LogP contribution in [0, 0.1) is 0 Å². The molecule has 130 valence electrons. The van der Waals surface area contributed by atoms with Gasteiger partial charge in [-0.15, -0.1) is 0 Å². The van der Waals surface area contributed by atoms with Crippen molar-refractivity contribution in [2.24, 2.45) is 0 Å². The second kappa shape index (κ2) is 7.70. The van der Waals surface area contributed by atoms with Crippen molar-refractivity contribution in [3.05, 3.63) is 29.8 Å². The molecule has 0 fully saturated rings. The van der Waals surface area contributed by atoms with Gasteiger partial charge in [-0.25, -0.2) is 4.79 Å². The Labute approximate surface area is 136 Å². The standard InChI is InChI=1S/C17H25F3N2O/c1-6-14(7-2)22(12(3)4)16(23)21(5)15-10-8-9-13(11-15)17(18,19)20/h8-12,14H,6-7H2,1-5H3. The highest BCUT2D eigenvalue weighted by Gasteiger charge is 2.32. The molecule has 0 bridgehead atoms. The molecule has 0 atom stereocenters. The molecule has 0 saturated carbocycles. The smallest absolute Gasteiger partial charge is 0.319 e. The zero-order chi connectivity index (χ0) is 17.8. The van der Waals surface area contributed by atoms with Crippen molar-refractivity contribution >= 4 is 11.7 Å². The quantitative estimate of drug-likeness (QED) is 0.731. The van der Waals surface area contributed by atoms with Gasteiger partial charge in [0, 0.05) is 24.8 Å². The first-order valence-corrected chi connectivity index (χ1v) is 7.86. The predicted octanol–water partition coefficient (Wildman–Crippen LogP) is 5.16. The number of amides is 2. The number of rotatable bonds is 5. The van der Waals surface area contributed by atoms with E-state index in [1.165, 1.54) is 24.1 Å². The maximum absolute atomic E-state index is 12.8. The maximum Gasteiger partial charge on any atom is 0.416 e. The molecule has 1 rings (SSSR count). The zero-order valence-electron chi connectivity index (χ0n) is 14.3. The zero-order valence-corrected chi connectivity index (χ0v) is 14.3. The molecule has 0 aromatic heterocycles. The van der Waals surface area contributed by atoms with Crippen LogP contribution in [0.2, 0.25) is 0 Å². The predicted molar refractivity (Wildman–Crippen MR) is 86.6 cm³/mol. The van der Waals surface area contributed by atoms with Crippen LogP contribution in [-0.4, -0.2) is 30.1 Å². The summed E-state index contributed by atoms with van der Waals surface area (Å²) in [5, 5.41) is 0. The van der Waals surface area contributed by atoms with Crippen LogP contribution in [0.5, 0.6) is 0 Å². The number of hydrogen-bond acceptors (Lipinski definition) is 1. The van der Waals surface area contributed by atoms with E-state index in [0.717, 1.165) is 25.0 Å². The molecular formula is C17H25F3N2O. The first-order valence-electron chi connectivity index (χ1n) is 7.86. The van der Waals surface area contributed by atoms with Crippen molar-refractivity contribution in [2.75, 3.05) is 11.9 Å². The lowest BCUT2D eigenvalue weighted by Gasteiger charge is -2.37. The van der Waals surface area contributed by atoms with Crippen molar-refractivity contribution in [1.82, 2.24) is 4.90 Å². The SMILES string of the molecule is CCC(CC)N(C(=O)N(C)c1cccc(C(F)(F)F)c1)C(C)C. The van der Waals surface area contributed by atoms with Crippen LogP contribution in [0.4, 0.5) is 23.7 Å². The largest absolute Gasteiger partial charge is 0.416 e. The third kappa shape index (κ3) is 4.62. The number of benzene rings is 1. The third-order valence-electron chi connectivity index (χ3n) is 3.96. The second-order valence-electron chi connectivity index (χ2n) is 5.86. The first-order chi connectivity index (χ1) is 10.6. The van der Waals surface area contributed by atoms with Gasteiger partial charge in [0.15, 0.2) is 0 Å². The molecule has 1 aromatic carbocycles. The summed E-state index contributed by atoms with van der Waals surface area (Å²) >= 11 is 0. The van der Waals surface area contributed by atoms with Gasteiger partial charge in [-0.05, 0) is 44.9 Å². The Hall–Kier alpha value is -1.72. The molecule has 0 aliphatic heterocycles. The number of nitrogens with zero attached hydrogens (tertiary/aromatic N) is 2. The van der Waals surface area contributed by atoms with Crippen molar-refractivity contribution in [1.29, 1.82) is 0 Å². The molecule has 6 heteroatoms. The Morgan fingerprint density at radius 2 is 1.74 bits per heavy atom. The molecule has 1 aromatic rings. The molecular weight excluding hydrogens is 305 g/mol. The summed E-state index contributed by atoms with van der Waals surface area (Å²) in [5.74, 6) is 0. The Morgan fingerprint density at radius 3 is 2.17 bits per heavy atom. The summed E-state index contributed by atoms with van der Waals surface area (Å²) in [5.41, 5.74) is -0.519. The van der Waals surface area contributed by atoms with Crippen molar-refractivity contribution < 1.29 is 18.0 Å². The van der Waals surface area contributed by atoms with Crippen LogP contribution in [-0.2, 0) is 6.18 Å². The second-order valence-corrected chi connectivity index (χ2v) is 5.86. The van der Waals surface area contributed by atoms with Crippen molar-refractivity contribution in [3.8, 4) is 0 Å². The third-order valence-corrected chi connectivity index (χ3v) is 3.96. The van der Waals surface area contributed by atoms with Crippen LogP contribution in [0.25, 0.3) is 0 Å². The number of urea groups is 1. The first kappa shape index (κ1) is 19.3. The molecule has 0 saturated heterocycles. The fourth-order valence-corrected chi connectivity index (χ4v) is 2.66. The lowest BCUT2D eigenvalue weighted by atomic mass is 10.1. The number of carbonyl (C=O) groups is 1. The van der Waals surface area contributed by atoms with Crippen LogP contribution in [0.15, 0.2) is 24.3 Å². The summed E-state index contributed by atoms with van der Waals surface area (Å²) in [4.78, 5) is 15.8. The van der Waals surface area contributed by atoms with Crippen molar-refractivity contribution in [2.45, 2.75) is 58.8 Å². The summed E-state index contributed by atoms with van der Waals surface area (Å²) < 4.78 is 38.5. The van der Waals surface area contributed by atoms with E-state index in [9.17, 15) is 18.0 Å². The number of anilines is 1. The van der Waals surface area contributed by atoms with Gasteiger partial charge in [0.1, 0.15) is 0 Å². The minimum absolute atomic E-state index is 0.0272. The fourth-order valence-electron chi connectivity index (χ4n) is 2.66. The Morgan fingerprint density at radius 1 is 1.17 bits per heavy atom. The van der Waals surface area contributed by atoms with E-state index < -0.39 is 11.7 Å². The molecule has 0 aliphatic rings. The Balaban J connectivity index is 3.11. The average Bonchev–Trinajstić information content (AvgIpc) is 2.50. The summed E-state index contributed by atoms with van der Waals surface area (Å²) in [6.07, 6.45) is -2.82. The van der Waals surface area contributed by atoms with E-state index in [2.05, 4.69) is 0 Å². The van der Waals surface area contributed by atoms with E-state index in [1.807, 2.05) is 27.7 Å². The Bertz CT molecular complexity index is 525. The lowest BCUT2D eigenvalue weighted by molar-refractivity contribution is -0.137. The molecule has 3 nitrogen and oxygen atoms in total. The number of hydrogen-bond donors (Lipinski definition) is 0. The number of carbonyl (C=O) groups excluding carboxylic acids is 1. The highest BCUT2D eigenvalue weighted by atomic mass is 19.4. The number of halogens is 3. The van der Waals surface area contributed by atoms with Crippen LogP contribution in [0.3, 0.4) is 0 Å². The molecule has 0 radical (unpaired) electrons. The van der Waals surface area contributed by atoms with Gasteiger partial charge in [-0.3, -0.25) is 4.90 Å². The molecule has 0 unspecified atom stereocenters. The lowest BCUT2D eigenvalue weighted by Crippen LogP contribution is -2.50. The van der Waals surface area contributed by atoms with Gasteiger partial charge >= 0.3 is 12.2 Å². The molecule has 2 amide bonds. The fraction of sp³-hybridized carbons (Fsp3) is 0.588. The van der Waals surface area contributed by atoms with E-state index in [-0.39, 0.29) is 23.8 Å². The minimum atomic E-state index is -4.42. The molecule has 23 heavy (non-hydrogen) atoms. The van der Waals surface area contributed by atoms with Gasteiger partial charge in [-0.1, -0.05) is 19.9 Å². The van der Waals surface area contributed by atoms with E-state index in [1.54, 1.807) is 4.90 Å². The van der Waals surface area contributed by atoms with E-state index in [0.29, 0.717) is 0 Å². The van der Waals surface area contributed by atoms with Crippen molar-refractivity contribution in [3.63, 3.8) is 0 Å². The highest BCUT2D eigenvalue weighted by molar-refractivity contribution is 5.92. The topological polar surface area (TPSA) is 23.6 Å². The van der Waals surface area contributed by atoms with Gasteiger partial charge in [0.2, 0.25) is 0 Å². The van der Waals surface area contributed by atoms with Crippen LogP contribution < -0.4 is 4.90 Å². The summed E-state index contributed by atoms with van der Waals surface area (Å²) in [7, 11) is 1.51. The minimum Gasteiger partial charge on any atom is -0.319 e. The van der Waals surface area contributed by atoms with E-state index >= 15 is 0 Å². The van der Waals surface area contributed by atoms with Crippen LogP contribution >= 0.6 is 0 Å². The highest BCUT2D eigenvalue weighted by Crippen LogP contribution is 2.31. The normalized spacial score (nSPS) is 11.9. The monoisotopic (exact) mass is 330 g/mol. The molecule has 0 heterocycles. The number of alkyl halides is 3. The van der Waals surface area contributed by atoms with Gasteiger partial charge < -0.3 is 4.90 Å². The van der Waals surface area contributed by atoms with Gasteiger partial charge in [0.25, 0.3) is 0 Å².